The van der Waals surface area contributed by atoms with Crippen molar-refractivity contribution in [2.45, 2.75) is 0 Å². The van der Waals surface area contributed by atoms with Crippen LogP contribution in [0.5, 0.6) is 11.8 Å². The Balaban J connectivity index is 1.47. The minimum atomic E-state index is 0.348. The van der Waals surface area contributed by atoms with E-state index in [9.17, 15) is 0 Å². The highest BCUT2D eigenvalue weighted by Crippen LogP contribution is 2.16. The second kappa shape index (κ2) is 24.3. The molecule has 0 aliphatic carbocycles. The highest BCUT2D eigenvalue weighted by atomic mass is 16.6. The molecule has 2 aromatic heterocycles. The molecule has 2 rings (SSSR count). The minimum absolute atomic E-state index is 0.348. The van der Waals surface area contributed by atoms with Gasteiger partial charge in [0.25, 0.3) is 0 Å². The molecule has 14 heteroatoms. The van der Waals surface area contributed by atoms with Crippen LogP contribution in [0.4, 0.5) is 0 Å². The fourth-order valence-electron chi connectivity index (χ4n) is 2.85. The van der Waals surface area contributed by atoms with E-state index in [-0.39, 0.29) is 0 Å². The van der Waals surface area contributed by atoms with E-state index in [1.807, 2.05) is 0 Å². The van der Waals surface area contributed by atoms with Crippen LogP contribution in [0.1, 0.15) is 0 Å². The maximum atomic E-state index is 5.55. The Kier molecular flexibility index (Phi) is 20.4. The van der Waals surface area contributed by atoms with Gasteiger partial charge in [-0.05, 0) is 12.1 Å². The molecule has 226 valence electrons. The molecule has 40 heavy (non-hydrogen) atoms. The lowest BCUT2D eigenvalue weighted by molar-refractivity contribution is -0.0000321. The van der Waals surface area contributed by atoms with E-state index in [1.54, 1.807) is 38.5 Å². The fraction of sp³-hybridized carbons (Fsp3) is 0.692. The number of nitrogens with zero attached hydrogens (tertiary/aromatic N) is 4. The Morgan fingerprint density at radius 1 is 0.375 bits per heavy atom. The summed E-state index contributed by atoms with van der Waals surface area (Å²) in [6.45, 7) is 7.83. The Morgan fingerprint density at radius 3 is 0.950 bits per heavy atom. The van der Waals surface area contributed by atoms with Crippen molar-refractivity contribution < 1.29 is 47.4 Å². The van der Waals surface area contributed by atoms with E-state index in [1.165, 1.54) is 0 Å². The van der Waals surface area contributed by atoms with Gasteiger partial charge in [-0.25, -0.2) is 0 Å². The van der Waals surface area contributed by atoms with E-state index in [4.69, 9.17) is 47.4 Å². The minimum Gasteiger partial charge on any atom is -0.474 e. The molecule has 0 amide bonds. The number of aromatic nitrogens is 4. The maximum absolute atomic E-state index is 5.55. The quantitative estimate of drug-likeness (QED) is 0.141. The molecule has 0 fully saturated rings. The van der Waals surface area contributed by atoms with Crippen molar-refractivity contribution in [3.05, 3.63) is 24.3 Å². The highest BCUT2D eigenvalue weighted by molar-refractivity contribution is 5.52. The summed E-state index contributed by atoms with van der Waals surface area (Å²) in [5.41, 5.74) is 1.14. The van der Waals surface area contributed by atoms with E-state index in [2.05, 4.69) is 20.4 Å². The van der Waals surface area contributed by atoms with Crippen LogP contribution in [-0.2, 0) is 37.9 Å². The molecule has 0 N–H and O–H groups in total. The summed E-state index contributed by atoms with van der Waals surface area (Å²) in [4.78, 5) is 0. The number of hydrogen-bond acceptors (Lipinski definition) is 14. The molecule has 0 unspecified atom stereocenters. The summed E-state index contributed by atoms with van der Waals surface area (Å²) in [5, 5.41) is 16.4. The zero-order valence-corrected chi connectivity index (χ0v) is 23.5. The Hall–Kier alpha value is -2.56. The Labute approximate surface area is 235 Å². The van der Waals surface area contributed by atoms with E-state index in [0.717, 1.165) is 0 Å². The van der Waals surface area contributed by atoms with Gasteiger partial charge in [0.05, 0.1) is 92.5 Å². The van der Waals surface area contributed by atoms with Gasteiger partial charge in [0.1, 0.15) is 24.6 Å². The van der Waals surface area contributed by atoms with E-state index < -0.39 is 0 Å². The van der Waals surface area contributed by atoms with Gasteiger partial charge in [0, 0.05) is 26.4 Å². The lowest BCUT2D eigenvalue weighted by atomic mass is 10.3. The highest BCUT2D eigenvalue weighted by Gasteiger charge is 2.06. The average molecular weight is 571 g/mol. The van der Waals surface area contributed by atoms with Gasteiger partial charge < -0.3 is 47.4 Å². The molecular formula is C26H42N4O10. The number of rotatable bonds is 27. The van der Waals surface area contributed by atoms with Gasteiger partial charge >= 0.3 is 0 Å². The molecule has 0 saturated carbocycles. The lowest BCUT2D eigenvalue weighted by Crippen LogP contribution is -2.14. The fourth-order valence-corrected chi connectivity index (χ4v) is 2.85. The molecule has 0 aliphatic heterocycles. The van der Waals surface area contributed by atoms with Crippen LogP contribution >= 0.6 is 0 Å². The smallest absolute Gasteiger partial charge is 0.233 e. The van der Waals surface area contributed by atoms with Crippen LogP contribution in [0, 0.1) is 0 Å². The third kappa shape index (κ3) is 17.2. The molecule has 14 nitrogen and oxygen atoms in total. The van der Waals surface area contributed by atoms with Crippen LogP contribution in [0.15, 0.2) is 24.3 Å². The molecule has 0 bridgehead atoms. The molecular weight excluding hydrogens is 528 g/mol. The summed E-state index contributed by atoms with van der Waals surface area (Å²) in [5.74, 6) is 0.788. The lowest BCUT2D eigenvalue weighted by Gasteiger charge is -2.08. The van der Waals surface area contributed by atoms with Crippen LogP contribution in [0.2, 0.25) is 0 Å². The second-order valence-electron chi connectivity index (χ2n) is 7.87. The third-order valence-corrected chi connectivity index (χ3v) is 4.85. The molecule has 0 aromatic carbocycles. The van der Waals surface area contributed by atoms with Gasteiger partial charge in [-0.3, -0.25) is 0 Å². The van der Waals surface area contributed by atoms with Crippen LogP contribution in [0.25, 0.3) is 11.4 Å². The van der Waals surface area contributed by atoms with Gasteiger partial charge in [0.2, 0.25) is 11.8 Å². The van der Waals surface area contributed by atoms with Crippen molar-refractivity contribution in [1.29, 1.82) is 0 Å². The zero-order chi connectivity index (χ0) is 28.4. The predicted molar refractivity (Wildman–Crippen MR) is 143 cm³/mol. The first-order valence-electron chi connectivity index (χ1n) is 13.2. The molecule has 0 spiro atoms. The van der Waals surface area contributed by atoms with Gasteiger partial charge in [0.15, 0.2) is 0 Å². The average Bonchev–Trinajstić information content (AvgIpc) is 2.99. The summed E-state index contributed by atoms with van der Waals surface area (Å²) in [6, 6.07) is 6.96. The largest absolute Gasteiger partial charge is 0.474 e. The second-order valence-corrected chi connectivity index (χ2v) is 7.87. The van der Waals surface area contributed by atoms with Crippen molar-refractivity contribution >= 4 is 0 Å². The van der Waals surface area contributed by atoms with Crippen molar-refractivity contribution in [1.82, 2.24) is 20.4 Å². The molecule has 0 atom stereocenters. The zero-order valence-electron chi connectivity index (χ0n) is 23.5. The first-order valence-corrected chi connectivity index (χ1v) is 13.2. The van der Waals surface area contributed by atoms with Gasteiger partial charge in [-0.1, -0.05) is 0 Å². The van der Waals surface area contributed by atoms with Crippen LogP contribution in [0.3, 0.4) is 0 Å². The maximum Gasteiger partial charge on any atom is 0.233 e. The summed E-state index contributed by atoms with van der Waals surface area (Å²) >= 11 is 0. The Morgan fingerprint density at radius 2 is 0.675 bits per heavy atom. The topological polar surface area (TPSA) is 144 Å². The van der Waals surface area contributed by atoms with Crippen LogP contribution in [-0.4, -0.2) is 140 Å². The molecule has 2 heterocycles. The van der Waals surface area contributed by atoms with Gasteiger partial charge in [-0.15, -0.1) is 20.4 Å². The summed E-state index contributed by atoms with van der Waals surface area (Å²) < 4.78 is 53.3. The monoisotopic (exact) mass is 570 g/mol. The standard InChI is InChI=1S/C26H42N4O10/c1-31-7-9-33-11-13-35-15-17-37-19-21-39-25-5-3-23(27-29-25)24-4-6-26(30-28-24)40-22-20-38-18-16-36-14-12-34-10-8-32-2/h3-6H,7-22H2,1-2H3. The van der Waals surface area contributed by atoms with Crippen molar-refractivity contribution in [2.75, 3.05) is 120 Å². The van der Waals surface area contributed by atoms with E-state index >= 15 is 0 Å². The molecule has 0 radical (unpaired) electrons. The third-order valence-electron chi connectivity index (χ3n) is 4.85. The van der Waals surface area contributed by atoms with Crippen molar-refractivity contribution in [3.63, 3.8) is 0 Å². The Bertz CT molecular complexity index is 764. The van der Waals surface area contributed by atoms with Crippen LogP contribution < -0.4 is 9.47 Å². The van der Waals surface area contributed by atoms with E-state index in [0.29, 0.717) is 129 Å². The number of methoxy groups -OCH3 is 2. The van der Waals surface area contributed by atoms with Crippen molar-refractivity contribution in [2.24, 2.45) is 0 Å². The van der Waals surface area contributed by atoms with Crippen molar-refractivity contribution in [3.8, 4) is 23.1 Å². The van der Waals surface area contributed by atoms with Gasteiger partial charge in [-0.2, -0.15) is 0 Å². The number of ether oxygens (including phenoxy) is 10. The molecule has 0 aliphatic rings. The molecule has 2 aromatic rings. The first kappa shape index (κ1) is 33.6. The summed E-state index contributed by atoms with van der Waals surface area (Å²) in [7, 11) is 3.27. The molecule has 0 saturated heterocycles. The predicted octanol–water partition coefficient (Wildman–Crippen LogP) is 1.08. The SMILES string of the molecule is COCCOCCOCCOCCOc1ccc(-c2ccc(OCCOCCOCCOCCOC)nn2)nn1. The number of hydrogen-bond donors (Lipinski definition) is 0. The summed E-state index contributed by atoms with van der Waals surface area (Å²) in [6.07, 6.45) is 0. The first-order chi connectivity index (χ1) is 19.8. The normalized spacial score (nSPS) is 11.2.